The van der Waals surface area contributed by atoms with Gasteiger partial charge in [0.1, 0.15) is 18.2 Å². The summed E-state index contributed by atoms with van der Waals surface area (Å²) in [5, 5.41) is 3.15. The molecule has 5 nitrogen and oxygen atoms in total. The van der Waals surface area contributed by atoms with Gasteiger partial charge in [0.15, 0.2) is 0 Å². The number of benzene rings is 3. The molecule has 0 saturated heterocycles. The molecule has 1 heterocycles. The van der Waals surface area contributed by atoms with Crippen molar-refractivity contribution in [2.75, 3.05) is 5.32 Å². The molecule has 0 unspecified atom stereocenters. The lowest BCUT2D eigenvalue weighted by Gasteiger charge is -2.08. The highest BCUT2D eigenvalue weighted by Crippen LogP contribution is 2.31. The summed E-state index contributed by atoms with van der Waals surface area (Å²) in [7, 11) is 0. The highest BCUT2D eigenvalue weighted by Gasteiger charge is 2.12. The summed E-state index contributed by atoms with van der Waals surface area (Å²) < 4.78 is 25.5. The van der Waals surface area contributed by atoms with Crippen LogP contribution in [0.3, 0.4) is 0 Å². The van der Waals surface area contributed by atoms with Crippen molar-refractivity contribution in [1.82, 2.24) is 4.98 Å². The van der Waals surface area contributed by atoms with Crippen molar-refractivity contribution in [2.45, 2.75) is 6.61 Å². The normalized spacial score (nSPS) is 10.7. The van der Waals surface area contributed by atoms with Crippen LogP contribution in [0, 0.1) is 5.82 Å². The Morgan fingerprint density at radius 3 is 2.72 bits per heavy atom. The summed E-state index contributed by atoms with van der Waals surface area (Å²) >= 11 is 7.22. The standard InChI is InChI=1S/C21H14ClFN2O3S/c22-16-7-4-8-17(23)15(16)12-27-14-9-10-18-19(11-14)29-21(25-18)28-20(26)24-13-5-2-1-3-6-13/h1-11H,12H2,(H,24,26). The molecule has 4 aromatic rings. The van der Waals surface area contributed by atoms with Gasteiger partial charge in [0.2, 0.25) is 0 Å². The zero-order chi connectivity index (χ0) is 20.2. The van der Waals surface area contributed by atoms with E-state index in [4.69, 9.17) is 21.1 Å². The van der Waals surface area contributed by atoms with Crippen LogP contribution in [-0.2, 0) is 6.61 Å². The van der Waals surface area contributed by atoms with E-state index in [1.165, 1.54) is 17.4 Å². The predicted octanol–water partition coefficient (Wildman–Crippen LogP) is 6.28. The highest BCUT2D eigenvalue weighted by atomic mass is 35.5. The number of fused-ring (bicyclic) bond motifs is 1. The lowest BCUT2D eigenvalue weighted by atomic mass is 10.2. The number of thiazole rings is 1. The van der Waals surface area contributed by atoms with E-state index in [2.05, 4.69) is 10.3 Å². The minimum Gasteiger partial charge on any atom is -0.489 e. The van der Waals surface area contributed by atoms with Crippen molar-refractivity contribution in [2.24, 2.45) is 0 Å². The van der Waals surface area contributed by atoms with Crippen molar-refractivity contribution in [3.8, 4) is 10.9 Å². The maximum absolute atomic E-state index is 13.9. The number of aromatic nitrogens is 1. The first-order valence-corrected chi connectivity index (χ1v) is 9.78. The lowest BCUT2D eigenvalue weighted by molar-refractivity contribution is 0.215. The van der Waals surface area contributed by atoms with Crippen molar-refractivity contribution in [1.29, 1.82) is 0 Å². The van der Waals surface area contributed by atoms with E-state index in [-0.39, 0.29) is 11.8 Å². The first-order chi connectivity index (χ1) is 14.1. The third-order valence-electron chi connectivity index (χ3n) is 3.99. The molecular weight excluding hydrogens is 415 g/mol. The SMILES string of the molecule is O=C(Nc1ccccc1)Oc1nc2ccc(OCc3c(F)cccc3Cl)cc2s1. The van der Waals surface area contributed by atoms with Gasteiger partial charge in [-0.25, -0.2) is 14.2 Å². The second-order valence-electron chi connectivity index (χ2n) is 5.98. The fourth-order valence-electron chi connectivity index (χ4n) is 2.59. The molecule has 0 saturated carbocycles. The number of anilines is 1. The Labute approximate surface area is 174 Å². The van der Waals surface area contributed by atoms with Crippen LogP contribution in [0.15, 0.2) is 66.7 Å². The van der Waals surface area contributed by atoms with Gasteiger partial charge in [0.25, 0.3) is 5.19 Å². The second-order valence-corrected chi connectivity index (χ2v) is 7.38. The summed E-state index contributed by atoms with van der Waals surface area (Å²) in [6.07, 6.45) is -0.624. The van der Waals surface area contributed by atoms with E-state index in [9.17, 15) is 9.18 Å². The van der Waals surface area contributed by atoms with E-state index in [0.29, 0.717) is 27.5 Å². The average Bonchev–Trinajstić information content (AvgIpc) is 3.09. The van der Waals surface area contributed by atoms with Gasteiger partial charge in [-0.05, 0) is 42.5 Å². The van der Waals surface area contributed by atoms with Crippen LogP contribution < -0.4 is 14.8 Å². The summed E-state index contributed by atoms with van der Waals surface area (Å²) in [6, 6.07) is 18.7. The fourth-order valence-corrected chi connectivity index (χ4v) is 3.65. The second kappa shape index (κ2) is 8.46. The number of halogens is 2. The van der Waals surface area contributed by atoms with E-state index >= 15 is 0 Å². The molecule has 146 valence electrons. The summed E-state index contributed by atoms with van der Waals surface area (Å²) in [4.78, 5) is 16.3. The van der Waals surface area contributed by atoms with Crippen LogP contribution in [0.5, 0.6) is 10.9 Å². The van der Waals surface area contributed by atoms with Crippen LogP contribution in [-0.4, -0.2) is 11.1 Å². The Bertz CT molecular complexity index is 1150. The van der Waals surface area contributed by atoms with Gasteiger partial charge in [-0.2, -0.15) is 0 Å². The topological polar surface area (TPSA) is 60.5 Å². The Morgan fingerprint density at radius 2 is 1.93 bits per heavy atom. The summed E-state index contributed by atoms with van der Waals surface area (Å²) in [5.41, 5.74) is 1.58. The van der Waals surface area contributed by atoms with Gasteiger partial charge < -0.3 is 9.47 Å². The third kappa shape index (κ3) is 4.64. The molecule has 0 radical (unpaired) electrons. The molecule has 1 N–H and O–H groups in total. The van der Waals surface area contributed by atoms with Crippen LogP contribution in [0.2, 0.25) is 5.02 Å². The summed E-state index contributed by atoms with van der Waals surface area (Å²) in [5.74, 6) is 0.109. The van der Waals surface area contributed by atoms with Crippen molar-refractivity contribution < 1.29 is 18.7 Å². The van der Waals surface area contributed by atoms with Crippen molar-refractivity contribution in [3.63, 3.8) is 0 Å². The molecule has 0 aliphatic rings. The Kier molecular flexibility index (Phi) is 5.59. The Hall–Kier alpha value is -3.16. The number of carbonyl (C=O) groups excluding carboxylic acids is 1. The molecule has 0 fully saturated rings. The smallest absolute Gasteiger partial charge is 0.419 e. The number of para-hydroxylation sites is 1. The van der Waals surface area contributed by atoms with Gasteiger partial charge in [-0.3, -0.25) is 5.32 Å². The van der Waals surface area contributed by atoms with Gasteiger partial charge >= 0.3 is 6.09 Å². The molecule has 0 spiro atoms. The van der Waals surface area contributed by atoms with Gasteiger partial charge in [-0.15, -0.1) is 0 Å². The molecule has 29 heavy (non-hydrogen) atoms. The minimum absolute atomic E-state index is 0.00133. The van der Waals surface area contributed by atoms with Crippen LogP contribution >= 0.6 is 22.9 Å². The van der Waals surface area contributed by atoms with E-state index in [1.807, 2.05) is 18.2 Å². The highest BCUT2D eigenvalue weighted by molar-refractivity contribution is 7.20. The number of amides is 1. The number of carbonyl (C=O) groups is 1. The van der Waals surface area contributed by atoms with Gasteiger partial charge in [0, 0.05) is 11.3 Å². The fraction of sp³-hybridized carbons (Fsp3) is 0.0476. The minimum atomic E-state index is -0.624. The van der Waals surface area contributed by atoms with Gasteiger partial charge in [0.05, 0.1) is 15.2 Å². The first kappa shape index (κ1) is 19.2. The average molecular weight is 429 g/mol. The maximum atomic E-state index is 13.9. The molecule has 0 atom stereocenters. The number of ether oxygens (including phenoxy) is 2. The molecular formula is C21H14ClFN2O3S. The number of nitrogens with one attached hydrogen (secondary N) is 1. The third-order valence-corrected chi connectivity index (χ3v) is 5.24. The quantitative estimate of drug-likeness (QED) is 0.406. The summed E-state index contributed by atoms with van der Waals surface area (Å²) in [6.45, 7) is -0.00133. The number of nitrogens with zero attached hydrogens (tertiary/aromatic N) is 1. The first-order valence-electron chi connectivity index (χ1n) is 8.58. The van der Waals surface area contributed by atoms with Crippen molar-refractivity contribution >= 4 is 44.9 Å². The van der Waals surface area contributed by atoms with E-state index in [1.54, 1.807) is 42.5 Å². The molecule has 0 aliphatic heterocycles. The Balaban J connectivity index is 1.44. The number of hydrogen-bond donors (Lipinski definition) is 1. The zero-order valence-electron chi connectivity index (χ0n) is 14.9. The molecule has 1 amide bonds. The predicted molar refractivity (Wildman–Crippen MR) is 111 cm³/mol. The molecule has 1 aromatic heterocycles. The monoisotopic (exact) mass is 428 g/mol. The lowest BCUT2D eigenvalue weighted by Crippen LogP contribution is -2.16. The van der Waals surface area contributed by atoms with E-state index in [0.717, 1.165) is 4.70 Å². The molecule has 8 heteroatoms. The number of hydrogen-bond acceptors (Lipinski definition) is 5. The number of rotatable bonds is 5. The largest absolute Gasteiger partial charge is 0.489 e. The molecule has 0 aliphatic carbocycles. The van der Waals surface area contributed by atoms with Crippen LogP contribution in [0.4, 0.5) is 14.9 Å². The zero-order valence-corrected chi connectivity index (χ0v) is 16.5. The molecule has 4 rings (SSSR count). The van der Waals surface area contributed by atoms with Gasteiger partial charge in [-0.1, -0.05) is 47.2 Å². The Morgan fingerprint density at radius 1 is 1.10 bits per heavy atom. The maximum Gasteiger partial charge on any atom is 0.419 e. The van der Waals surface area contributed by atoms with Crippen LogP contribution in [0.25, 0.3) is 10.2 Å². The van der Waals surface area contributed by atoms with Crippen molar-refractivity contribution in [3.05, 3.63) is 83.1 Å². The van der Waals surface area contributed by atoms with E-state index < -0.39 is 11.9 Å². The molecule has 0 bridgehead atoms. The molecule has 3 aromatic carbocycles. The van der Waals surface area contributed by atoms with Crippen LogP contribution in [0.1, 0.15) is 5.56 Å².